The third kappa shape index (κ3) is 4.67. The van der Waals surface area contributed by atoms with Crippen LogP contribution >= 0.6 is 28.1 Å². The number of anilines is 2. The molecule has 3 rings (SSSR count). The molecule has 0 aliphatic carbocycles. The highest BCUT2D eigenvalue weighted by molar-refractivity contribution is 9.10. The normalized spacial score (nSPS) is 10.5. The van der Waals surface area contributed by atoms with Crippen molar-refractivity contribution >= 4 is 44.8 Å². The number of halogens is 1. The second-order valence-electron chi connectivity index (χ2n) is 5.85. The Balaban J connectivity index is 1.61. The van der Waals surface area contributed by atoms with Gasteiger partial charge in [0.25, 0.3) is 0 Å². The molecule has 0 atom stereocenters. The molecule has 0 spiro atoms. The van der Waals surface area contributed by atoms with Gasteiger partial charge in [-0.15, -0.1) is 0 Å². The highest BCUT2D eigenvalue weighted by Gasteiger charge is 2.05. The average Bonchev–Trinajstić information content (AvgIpc) is 3.01. The Morgan fingerprint density at radius 2 is 1.84 bits per heavy atom. The Hall–Kier alpha value is -2.18. The molecule has 0 aliphatic heterocycles. The summed E-state index contributed by atoms with van der Waals surface area (Å²) in [4.78, 5) is 0. The molecule has 2 aromatic carbocycles. The number of hydrogen-bond acceptors (Lipinski definition) is 2. The molecule has 0 saturated carbocycles. The molecular formula is C19H19BrN4S. The summed E-state index contributed by atoms with van der Waals surface area (Å²) in [6, 6.07) is 16.2. The maximum absolute atomic E-state index is 5.40. The van der Waals surface area contributed by atoms with Crippen molar-refractivity contribution in [2.75, 3.05) is 10.6 Å². The first-order valence-corrected chi connectivity index (χ1v) is 9.13. The smallest absolute Gasteiger partial charge is 0.176 e. The predicted octanol–water partition coefficient (Wildman–Crippen LogP) is 5.12. The molecule has 2 N–H and O–H groups in total. The molecule has 0 radical (unpaired) electrons. The van der Waals surface area contributed by atoms with Crippen LogP contribution in [0, 0.1) is 13.8 Å². The third-order valence-electron chi connectivity index (χ3n) is 3.99. The van der Waals surface area contributed by atoms with Crippen molar-refractivity contribution in [1.29, 1.82) is 0 Å². The molecule has 0 fully saturated rings. The second-order valence-corrected chi connectivity index (χ2v) is 7.18. The molecule has 3 aromatic rings. The van der Waals surface area contributed by atoms with Gasteiger partial charge in [-0.3, -0.25) is 4.68 Å². The van der Waals surface area contributed by atoms with Crippen LogP contribution in [0.1, 0.15) is 16.7 Å². The molecule has 0 amide bonds. The summed E-state index contributed by atoms with van der Waals surface area (Å²) in [5.74, 6) is 0.722. The summed E-state index contributed by atoms with van der Waals surface area (Å²) in [6.07, 6.45) is 1.94. The summed E-state index contributed by atoms with van der Waals surface area (Å²) in [7, 11) is 0. The van der Waals surface area contributed by atoms with E-state index in [0.29, 0.717) is 11.7 Å². The van der Waals surface area contributed by atoms with E-state index in [1.165, 1.54) is 16.7 Å². The minimum Gasteiger partial charge on any atom is -0.332 e. The lowest BCUT2D eigenvalue weighted by Crippen LogP contribution is -2.20. The number of nitrogens with zero attached hydrogens (tertiary/aromatic N) is 2. The minimum absolute atomic E-state index is 0.530. The van der Waals surface area contributed by atoms with Crippen molar-refractivity contribution < 1.29 is 0 Å². The van der Waals surface area contributed by atoms with Crippen molar-refractivity contribution in [3.63, 3.8) is 0 Å². The standard InChI is InChI=1S/C19H19BrN4S/c1-13-4-3-5-17(14(13)2)21-19(25)22-18-10-11-24(23-18)12-15-6-8-16(20)9-7-15/h3-11H,12H2,1-2H3,(H2,21,22,23,25). The van der Waals surface area contributed by atoms with Gasteiger partial charge in [0, 0.05) is 22.4 Å². The molecule has 128 valence electrons. The van der Waals surface area contributed by atoms with Crippen LogP contribution in [0.25, 0.3) is 0 Å². The van der Waals surface area contributed by atoms with Crippen LogP contribution in [0.5, 0.6) is 0 Å². The maximum Gasteiger partial charge on any atom is 0.176 e. The Morgan fingerprint density at radius 3 is 2.60 bits per heavy atom. The molecule has 25 heavy (non-hydrogen) atoms. The quantitative estimate of drug-likeness (QED) is 0.581. The van der Waals surface area contributed by atoms with Gasteiger partial charge in [0.15, 0.2) is 10.9 Å². The molecule has 0 saturated heterocycles. The van der Waals surface area contributed by atoms with Gasteiger partial charge in [0.2, 0.25) is 0 Å². The monoisotopic (exact) mass is 414 g/mol. The molecule has 1 aromatic heterocycles. The first-order valence-electron chi connectivity index (χ1n) is 7.93. The largest absolute Gasteiger partial charge is 0.332 e. The van der Waals surface area contributed by atoms with Gasteiger partial charge in [-0.2, -0.15) is 5.10 Å². The molecule has 6 heteroatoms. The molecule has 4 nitrogen and oxygen atoms in total. The van der Waals surface area contributed by atoms with Crippen molar-refractivity contribution in [1.82, 2.24) is 9.78 Å². The molecule has 0 unspecified atom stereocenters. The van der Waals surface area contributed by atoms with Crippen molar-refractivity contribution in [3.8, 4) is 0 Å². The molecule has 1 heterocycles. The van der Waals surface area contributed by atoms with Crippen molar-refractivity contribution in [2.24, 2.45) is 0 Å². The van der Waals surface area contributed by atoms with Crippen LogP contribution in [0.15, 0.2) is 59.2 Å². The SMILES string of the molecule is Cc1cccc(NC(=S)Nc2ccn(Cc3ccc(Br)cc3)n2)c1C. The number of nitrogens with one attached hydrogen (secondary N) is 2. The lowest BCUT2D eigenvalue weighted by molar-refractivity contribution is 0.690. The van der Waals surface area contributed by atoms with E-state index in [4.69, 9.17) is 12.2 Å². The summed E-state index contributed by atoms with van der Waals surface area (Å²) < 4.78 is 2.95. The third-order valence-corrected chi connectivity index (χ3v) is 4.73. The fourth-order valence-corrected chi connectivity index (χ4v) is 2.93. The summed E-state index contributed by atoms with van der Waals surface area (Å²) in [5.41, 5.74) is 4.61. The van der Waals surface area contributed by atoms with Gasteiger partial charge in [0.1, 0.15) is 0 Å². The zero-order valence-electron chi connectivity index (χ0n) is 14.1. The minimum atomic E-state index is 0.530. The van der Waals surface area contributed by atoms with Gasteiger partial charge in [-0.1, -0.05) is 40.2 Å². The maximum atomic E-state index is 5.40. The lowest BCUT2D eigenvalue weighted by Gasteiger charge is -2.12. The molecule has 0 aliphatic rings. The van der Waals surface area contributed by atoms with E-state index in [9.17, 15) is 0 Å². The van der Waals surface area contributed by atoms with E-state index < -0.39 is 0 Å². The Morgan fingerprint density at radius 1 is 1.08 bits per heavy atom. The van der Waals surface area contributed by atoms with E-state index in [0.717, 1.165) is 16.0 Å². The van der Waals surface area contributed by atoms with Gasteiger partial charge in [-0.05, 0) is 61.0 Å². The number of thiocarbonyl (C=S) groups is 1. The van der Waals surface area contributed by atoms with Crippen LogP contribution in [-0.2, 0) is 6.54 Å². The first kappa shape index (κ1) is 17.6. The number of hydrogen-bond donors (Lipinski definition) is 2. The second kappa shape index (κ2) is 7.80. The first-order chi connectivity index (χ1) is 12.0. The summed E-state index contributed by atoms with van der Waals surface area (Å²) in [5, 5.41) is 11.4. The van der Waals surface area contributed by atoms with E-state index >= 15 is 0 Å². The average molecular weight is 415 g/mol. The zero-order valence-corrected chi connectivity index (χ0v) is 16.5. The number of aryl methyl sites for hydroxylation is 1. The van der Waals surface area contributed by atoms with Gasteiger partial charge < -0.3 is 10.6 Å². The Labute approximate surface area is 161 Å². The van der Waals surface area contributed by atoms with Crippen molar-refractivity contribution in [3.05, 3.63) is 75.9 Å². The summed E-state index contributed by atoms with van der Waals surface area (Å²) >= 11 is 8.84. The zero-order chi connectivity index (χ0) is 17.8. The van der Waals surface area contributed by atoms with Crippen molar-refractivity contribution in [2.45, 2.75) is 20.4 Å². The Bertz CT molecular complexity index is 887. The van der Waals surface area contributed by atoms with Gasteiger partial charge in [-0.25, -0.2) is 0 Å². The highest BCUT2D eigenvalue weighted by Crippen LogP contribution is 2.18. The van der Waals surface area contributed by atoms with Crippen LogP contribution in [0.4, 0.5) is 11.5 Å². The number of rotatable bonds is 4. The number of aromatic nitrogens is 2. The van der Waals surface area contributed by atoms with Crippen LogP contribution in [-0.4, -0.2) is 14.9 Å². The lowest BCUT2D eigenvalue weighted by atomic mass is 10.1. The topological polar surface area (TPSA) is 41.9 Å². The predicted molar refractivity (Wildman–Crippen MR) is 111 cm³/mol. The van der Waals surface area contributed by atoms with Gasteiger partial charge in [0.05, 0.1) is 6.54 Å². The van der Waals surface area contributed by atoms with E-state index in [-0.39, 0.29) is 0 Å². The van der Waals surface area contributed by atoms with E-state index in [2.05, 4.69) is 63.7 Å². The fourth-order valence-electron chi connectivity index (χ4n) is 2.45. The van der Waals surface area contributed by atoms with E-state index in [1.54, 1.807) is 0 Å². The van der Waals surface area contributed by atoms with Crippen LogP contribution in [0.3, 0.4) is 0 Å². The highest BCUT2D eigenvalue weighted by atomic mass is 79.9. The number of benzene rings is 2. The van der Waals surface area contributed by atoms with Gasteiger partial charge >= 0.3 is 0 Å². The molecule has 0 bridgehead atoms. The fraction of sp³-hybridized carbons (Fsp3) is 0.158. The van der Waals surface area contributed by atoms with E-state index in [1.807, 2.05) is 41.2 Å². The molecular weight excluding hydrogens is 396 g/mol. The van der Waals surface area contributed by atoms with Crippen LogP contribution < -0.4 is 10.6 Å². The van der Waals surface area contributed by atoms with Crippen LogP contribution in [0.2, 0.25) is 0 Å². The Kier molecular flexibility index (Phi) is 5.50. The summed E-state index contributed by atoms with van der Waals surface area (Å²) in [6.45, 7) is 4.88.